The lowest BCUT2D eigenvalue weighted by molar-refractivity contribution is -0.123. The summed E-state index contributed by atoms with van der Waals surface area (Å²) in [6, 6.07) is 4.73. The van der Waals surface area contributed by atoms with Gasteiger partial charge in [-0.05, 0) is 18.7 Å². The van der Waals surface area contributed by atoms with Crippen LogP contribution in [0.1, 0.15) is 13.3 Å². The highest BCUT2D eigenvalue weighted by molar-refractivity contribution is 6.23. The molecule has 1 aromatic rings. The summed E-state index contributed by atoms with van der Waals surface area (Å²) >= 11 is 0. The maximum atomic E-state index is 13.0. The lowest BCUT2D eigenvalue weighted by Gasteiger charge is -2.36. The first-order valence-electron chi connectivity index (χ1n) is 8.64. The van der Waals surface area contributed by atoms with Crippen molar-refractivity contribution in [2.45, 2.75) is 19.4 Å². The van der Waals surface area contributed by atoms with Crippen LogP contribution in [0.3, 0.4) is 0 Å². The Kier molecular flexibility index (Phi) is 5.24. The van der Waals surface area contributed by atoms with Crippen LogP contribution in [0.4, 0.5) is 5.69 Å². The molecule has 136 valence electrons. The first-order valence-corrected chi connectivity index (χ1v) is 8.64. The molecule has 0 aliphatic carbocycles. The van der Waals surface area contributed by atoms with Crippen LogP contribution in [0, 0.1) is 0 Å². The zero-order valence-electron chi connectivity index (χ0n) is 15.0. The fourth-order valence-electron chi connectivity index (χ4n) is 3.52. The number of ether oxygens (including phenoxy) is 2. The number of nitrogens with zero attached hydrogens (tertiary/aromatic N) is 3. The number of carbonyl (C=O) groups is 2. The van der Waals surface area contributed by atoms with E-state index in [1.807, 2.05) is 0 Å². The average molecular weight is 347 g/mol. The van der Waals surface area contributed by atoms with Crippen molar-refractivity contribution in [3.05, 3.63) is 18.2 Å². The third-order valence-electron chi connectivity index (χ3n) is 5.05. The summed E-state index contributed by atoms with van der Waals surface area (Å²) < 4.78 is 10.5. The van der Waals surface area contributed by atoms with Gasteiger partial charge in [0.1, 0.15) is 11.5 Å². The first kappa shape index (κ1) is 17.7. The number of likely N-dealkylation sites (N-methyl/N-ethyl adjacent to an activating group) is 1. The smallest absolute Gasteiger partial charge is 0.251 e. The molecule has 0 saturated carbocycles. The Morgan fingerprint density at radius 1 is 1.08 bits per heavy atom. The first-order chi connectivity index (χ1) is 12.1. The van der Waals surface area contributed by atoms with Gasteiger partial charge in [-0.15, -0.1) is 0 Å². The Bertz CT molecular complexity index is 656. The van der Waals surface area contributed by atoms with E-state index in [4.69, 9.17) is 9.47 Å². The van der Waals surface area contributed by atoms with E-state index in [-0.39, 0.29) is 24.3 Å². The second-order valence-electron chi connectivity index (χ2n) is 6.30. The molecule has 1 atom stereocenters. The van der Waals surface area contributed by atoms with Crippen LogP contribution in [0.5, 0.6) is 11.5 Å². The molecule has 1 aromatic carbocycles. The lowest BCUT2D eigenvalue weighted by atomic mass is 10.1. The summed E-state index contributed by atoms with van der Waals surface area (Å²) in [5.41, 5.74) is 0.480. The van der Waals surface area contributed by atoms with E-state index in [0.29, 0.717) is 17.2 Å². The van der Waals surface area contributed by atoms with Crippen molar-refractivity contribution >= 4 is 17.5 Å². The Labute approximate surface area is 148 Å². The molecule has 2 amide bonds. The molecule has 2 aliphatic heterocycles. The molecule has 2 aliphatic rings. The van der Waals surface area contributed by atoms with Crippen LogP contribution >= 0.6 is 0 Å². The molecule has 7 nitrogen and oxygen atoms in total. The molecule has 2 saturated heterocycles. The summed E-state index contributed by atoms with van der Waals surface area (Å²) in [6.07, 6.45) is 0.222. The highest BCUT2D eigenvalue weighted by Crippen LogP contribution is 2.36. The van der Waals surface area contributed by atoms with Crippen LogP contribution < -0.4 is 14.4 Å². The van der Waals surface area contributed by atoms with Gasteiger partial charge in [0.15, 0.2) is 0 Å². The third kappa shape index (κ3) is 3.34. The van der Waals surface area contributed by atoms with Gasteiger partial charge in [0, 0.05) is 32.2 Å². The molecular weight excluding hydrogens is 322 g/mol. The number of rotatable bonds is 5. The molecular formula is C18H25N3O4. The second kappa shape index (κ2) is 7.41. The van der Waals surface area contributed by atoms with Gasteiger partial charge in [-0.25, -0.2) is 4.90 Å². The Balaban J connectivity index is 1.80. The number of imide groups is 1. The van der Waals surface area contributed by atoms with Gasteiger partial charge >= 0.3 is 0 Å². The number of anilines is 1. The van der Waals surface area contributed by atoms with Crippen molar-refractivity contribution in [3.8, 4) is 11.5 Å². The van der Waals surface area contributed by atoms with E-state index in [1.54, 1.807) is 25.3 Å². The normalized spacial score (nSPS) is 22.5. The van der Waals surface area contributed by atoms with Crippen LogP contribution in [0.15, 0.2) is 18.2 Å². The molecule has 0 unspecified atom stereocenters. The van der Waals surface area contributed by atoms with Crippen molar-refractivity contribution in [1.29, 1.82) is 0 Å². The van der Waals surface area contributed by atoms with Gasteiger partial charge in [-0.2, -0.15) is 0 Å². The van der Waals surface area contributed by atoms with Gasteiger partial charge in [0.05, 0.1) is 32.4 Å². The maximum Gasteiger partial charge on any atom is 0.251 e. The van der Waals surface area contributed by atoms with Gasteiger partial charge in [0.2, 0.25) is 5.91 Å². The number of piperazine rings is 1. The maximum absolute atomic E-state index is 13.0. The average Bonchev–Trinajstić information content (AvgIpc) is 2.95. The summed E-state index contributed by atoms with van der Waals surface area (Å²) in [5, 5.41) is 0. The number of carbonyl (C=O) groups excluding carboxylic acids is 2. The van der Waals surface area contributed by atoms with Crippen molar-refractivity contribution < 1.29 is 19.1 Å². The fourth-order valence-corrected chi connectivity index (χ4v) is 3.52. The van der Waals surface area contributed by atoms with Crippen LogP contribution in [-0.2, 0) is 9.59 Å². The predicted molar refractivity (Wildman–Crippen MR) is 94.1 cm³/mol. The molecule has 0 spiro atoms. The topological polar surface area (TPSA) is 62.3 Å². The van der Waals surface area contributed by atoms with Crippen molar-refractivity contribution in [1.82, 2.24) is 9.80 Å². The molecule has 2 fully saturated rings. The number of methoxy groups -OCH3 is 2. The quantitative estimate of drug-likeness (QED) is 0.740. The highest BCUT2D eigenvalue weighted by atomic mass is 16.5. The summed E-state index contributed by atoms with van der Waals surface area (Å²) in [6.45, 7) is 6.63. The molecule has 0 aromatic heterocycles. The molecule has 3 rings (SSSR count). The van der Waals surface area contributed by atoms with E-state index >= 15 is 0 Å². The Morgan fingerprint density at radius 2 is 1.80 bits per heavy atom. The largest absolute Gasteiger partial charge is 0.497 e. The number of hydrogen-bond acceptors (Lipinski definition) is 6. The van der Waals surface area contributed by atoms with E-state index in [1.165, 1.54) is 12.0 Å². The van der Waals surface area contributed by atoms with E-state index in [9.17, 15) is 9.59 Å². The summed E-state index contributed by atoms with van der Waals surface area (Å²) in [4.78, 5) is 31.3. The van der Waals surface area contributed by atoms with Crippen molar-refractivity contribution in [2.24, 2.45) is 0 Å². The Morgan fingerprint density at radius 3 is 2.40 bits per heavy atom. The SMILES string of the molecule is CCN1CCN([C@@H]2CC(=O)N(c3ccc(OC)cc3OC)C2=O)CC1. The minimum absolute atomic E-state index is 0.168. The monoisotopic (exact) mass is 347 g/mol. The second-order valence-corrected chi connectivity index (χ2v) is 6.30. The number of amides is 2. The highest BCUT2D eigenvalue weighted by Gasteiger charge is 2.44. The van der Waals surface area contributed by atoms with Crippen molar-refractivity contribution in [2.75, 3.05) is 51.8 Å². The number of benzene rings is 1. The van der Waals surface area contributed by atoms with Crippen molar-refractivity contribution in [3.63, 3.8) is 0 Å². The fraction of sp³-hybridized carbons (Fsp3) is 0.556. The van der Waals surface area contributed by atoms with Crippen LogP contribution in [-0.4, -0.2) is 74.6 Å². The molecule has 2 heterocycles. The van der Waals surface area contributed by atoms with Crippen LogP contribution in [0.25, 0.3) is 0 Å². The predicted octanol–water partition coefficient (Wildman–Crippen LogP) is 0.973. The Hall–Kier alpha value is -2.12. The standard InChI is InChI=1S/C18H25N3O4/c1-4-19-7-9-20(10-8-19)15-12-17(22)21(18(15)23)14-6-5-13(24-2)11-16(14)25-3/h5-6,11,15H,4,7-10,12H2,1-3H3/t15-/m1/s1. The lowest BCUT2D eigenvalue weighted by Crippen LogP contribution is -2.52. The van der Waals surface area contributed by atoms with E-state index in [2.05, 4.69) is 16.7 Å². The van der Waals surface area contributed by atoms with Gasteiger partial charge in [0.25, 0.3) is 5.91 Å². The molecule has 0 N–H and O–H groups in total. The molecule has 0 bridgehead atoms. The third-order valence-corrected chi connectivity index (χ3v) is 5.05. The molecule has 0 radical (unpaired) electrons. The summed E-state index contributed by atoms with van der Waals surface area (Å²) in [7, 11) is 3.08. The van der Waals surface area contributed by atoms with Crippen LogP contribution in [0.2, 0.25) is 0 Å². The molecule has 7 heteroatoms. The summed E-state index contributed by atoms with van der Waals surface area (Å²) in [5.74, 6) is 0.722. The minimum Gasteiger partial charge on any atom is -0.497 e. The zero-order valence-corrected chi connectivity index (χ0v) is 15.0. The number of hydrogen-bond donors (Lipinski definition) is 0. The van der Waals surface area contributed by atoms with E-state index < -0.39 is 0 Å². The zero-order chi connectivity index (χ0) is 18.0. The van der Waals surface area contributed by atoms with Gasteiger partial charge in [-0.3, -0.25) is 14.5 Å². The van der Waals surface area contributed by atoms with Gasteiger partial charge in [-0.1, -0.05) is 6.92 Å². The molecule has 25 heavy (non-hydrogen) atoms. The van der Waals surface area contributed by atoms with Gasteiger partial charge < -0.3 is 14.4 Å². The minimum atomic E-state index is -0.377. The van der Waals surface area contributed by atoms with E-state index in [0.717, 1.165) is 32.7 Å².